The zero-order chi connectivity index (χ0) is 14.5. The molecule has 5 heteroatoms. The smallest absolute Gasteiger partial charge is 0.167 e. The van der Waals surface area contributed by atoms with Gasteiger partial charge in [0.05, 0.1) is 25.0 Å². The van der Waals surface area contributed by atoms with E-state index in [0.717, 1.165) is 30.0 Å². The van der Waals surface area contributed by atoms with Crippen LogP contribution in [0.15, 0.2) is 24.3 Å². The van der Waals surface area contributed by atoms with E-state index in [-0.39, 0.29) is 11.6 Å². The summed E-state index contributed by atoms with van der Waals surface area (Å²) in [6.07, 6.45) is 0.914. The zero-order valence-corrected chi connectivity index (χ0v) is 12.1. The molecule has 0 aliphatic carbocycles. The predicted molar refractivity (Wildman–Crippen MR) is 77.6 cm³/mol. The molecule has 2 rings (SSSR count). The van der Waals surface area contributed by atoms with Crippen molar-refractivity contribution in [3.63, 3.8) is 0 Å². The summed E-state index contributed by atoms with van der Waals surface area (Å²) in [6, 6.07) is 6.93. The molecule has 0 amide bonds. The number of halogens is 1. The summed E-state index contributed by atoms with van der Waals surface area (Å²) in [5, 5.41) is 7.70. The first-order valence-corrected chi connectivity index (χ1v) is 6.81. The molecule has 20 heavy (non-hydrogen) atoms. The maximum atomic E-state index is 13.6. The second-order valence-corrected chi connectivity index (χ2v) is 4.50. The minimum Gasteiger partial charge on any atom is -0.494 e. The molecule has 0 fully saturated rings. The van der Waals surface area contributed by atoms with E-state index < -0.39 is 0 Å². The van der Waals surface area contributed by atoms with E-state index in [9.17, 15) is 4.39 Å². The van der Waals surface area contributed by atoms with E-state index in [4.69, 9.17) is 4.74 Å². The van der Waals surface area contributed by atoms with Crippen LogP contribution in [0.25, 0.3) is 0 Å². The molecule has 1 N–H and O–H groups in total. The summed E-state index contributed by atoms with van der Waals surface area (Å²) in [5.41, 5.74) is 2.90. The number of hydrogen-bond donors (Lipinski definition) is 1. The molecule has 0 atom stereocenters. The molecule has 2 aromatic rings. The van der Waals surface area contributed by atoms with Crippen LogP contribution in [0, 0.1) is 5.82 Å². The molecule has 1 aromatic heterocycles. The standard InChI is InChI=1S/C15H20FN3O/c1-4-11-8-13(19(5-2)18-11)10-17-12-6-7-15(20-3)14(16)9-12/h6-9,17H,4-5,10H2,1-3H3. The molecule has 0 saturated carbocycles. The van der Waals surface area contributed by atoms with Crippen LogP contribution in [0.1, 0.15) is 25.2 Å². The largest absolute Gasteiger partial charge is 0.494 e. The Morgan fingerprint density at radius 3 is 2.70 bits per heavy atom. The van der Waals surface area contributed by atoms with E-state index >= 15 is 0 Å². The monoisotopic (exact) mass is 277 g/mol. The third-order valence-electron chi connectivity index (χ3n) is 3.20. The minimum atomic E-state index is -0.365. The van der Waals surface area contributed by atoms with E-state index in [1.165, 1.54) is 13.2 Å². The topological polar surface area (TPSA) is 39.1 Å². The Kier molecular flexibility index (Phi) is 4.61. The number of aryl methyl sites for hydroxylation is 2. The van der Waals surface area contributed by atoms with Crippen molar-refractivity contribution in [1.82, 2.24) is 9.78 Å². The second kappa shape index (κ2) is 6.41. The molecule has 4 nitrogen and oxygen atoms in total. The van der Waals surface area contributed by atoms with E-state index in [0.29, 0.717) is 6.54 Å². The predicted octanol–water partition coefficient (Wildman–Crippen LogP) is 3.23. The average molecular weight is 277 g/mol. The van der Waals surface area contributed by atoms with Crippen LogP contribution in [-0.4, -0.2) is 16.9 Å². The van der Waals surface area contributed by atoms with Crippen LogP contribution in [0.5, 0.6) is 5.75 Å². The molecule has 0 aliphatic rings. The Hall–Kier alpha value is -2.04. The van der Waals surface area contributed by atoms with E-state index in [2.05, 4.69) is 30.3 Å². The SMILES string of the molecule is CCc1cc(CNc2ccc(OC)c(F)c2)n(CC)n1. The number of hydrogen-bond acceptors (Lipinski definition) is 3. The number of aromatic nitrogens is 2. The van der Waals surface area contributed by atoms with Crippen LogP contribution in [-0.2, 0) is 19.5 Å². The lowest BCUT2D eigenvalue weighted by Gasteiger charge is -2.09. The van der Waals surface area contributed by atoms with Gasteiger partial charge in [-0.3, -0.25) is 4.68 Å². The highest BCUT2D eigenvalue weighted by Gasteiger charge is 2.07. The van der Waals surface area contributed by atoms with Gasteiger partial charge in [0, 0.05) is 18.3 Å². The zero-order valence-electron chi connectivity index (χ0n) is 12.1. The molecular formula is C15H20FN3O. The summed E-state index contributed by atoms with van der Waals surface area (Å²) >= 11 is 0. The summed E-state index contributed by atoms with van der Waals surface area (Å²) in [5.74, 6) is -0.113. The lowest BCUT2D eigenvalue weighted by molar-refractivity contribution is 0.386. The maximum absolute atomic E-state index is 13.6. The Labute approximate surface area is 118 Å². The highest BCUT2D eigenvalue weighted by Crippen LogP contribution is 2.21. The van der Waals surface area contributed by atoms with Crippen molar-refractivity contribution in [2.75, 3.05) is 12.4 Å². The highest BCUT2D eigenvalue weighted by molar-refractivity contribution is 5.47. The number of rotatable bonds is 6. The molecule has 0 aliphatic heterocycles. The summed E-state index contributed by atoms with van der Waals surface area (Å²) in [4.78, 5) is 0. The lowest BCUT2D eigenvalue weighted by Crippen LogP contribution is -2.08. The molecule has 108 valence electrons. The third-order valence-corrected chi connectivity index (χ3v) is 3.20. The van der Waals surface area contributed by atoms with Gasteiger partial charge in [0.25, 0.3) is 0 Å². The quantitative estimate of drug-likeness (QED) is 0.881. The molecule has 0 saturated heterocycles. The van der Waals surface area contributed by atoms with Gasteiger partial charge in [0.15, 0.2) is 11.6 Å². The minimum absolute atomic E-state index is 0.252. The summed E-state index contributed by atoms with van der Waals surface area (Å²) < 4.78 is 20.5. The van der Waals surface area contributed by atoms with Gasteiger partial charge in [-0.1, -0.05) is 6.92 Å². The first-order valence-electron chi connectivity index (χ1n) is 6.81. The van der Waals surface area contributed by atoms with Gasteiger partial charge in [-0.05, 0) is 31.5 Å². The number of anilines is 1. The van der Waals surface area contributed by atoms with Gasteiger partial charge >= 0.3 is 0 Å². The van der Waals surface area contributed by atoms with Crippen LogP contribution >= 0.6 is 0 Å². The Morgan fingerprint density at radius 1 is 1.30 bits per heavy atom. The van der Waals surface area contributed by atoms with Gasteiger partial charge in [-0.25, -0.2) is 4.39 Å². The van der Waals surface area contributed by atoms with Gasteiger partial charge < -0.3 is 10.1 Å². The van der Waals surface area contributed by atoms with Crippen molar-refractivity contribution in [2.45, 2.75) is 33.4 Å². The third kappa shape index (κ3) is 3.10. The van der Waals surface area contributed by atoms with Crippen molar-refractivity contribution in [1.29, 1.82) is 0 Å². The van der Waals surface area contributed by atoms with E-state index in [1.807, 2.05) is 4.68 Å². The van der Waals surface area contributed by atoms with Crippen LogP contribution in [0.3, 0.4) is 0 Å². The molecule has 1 heterocycles. The number of benzene rings is 1. The van der Waals surface area contributed by atoms with Crippen LogP contribution in [0.4, 0.5) is 10.1 Å². The molecule has 0 spiro atoms. The normalized spacial score (nSPS) is 10.6. The molecule has 0 unspecified atom stereocenters. The maximum Gasteiger partial charge on any atom is 0.167 e. The van der Waals surface area contributed by atoms with Crippen molar-refractivity contribution in [2.24, 2.45) is 0 Å². The van der Waals surface area contributed by atoms with Crippen molar-refractivity contribution in [3.05, 3.63) is 41.5 Å². The van der Waals surface area contributed by atoms with Crippen molar-refractivity contribution in [3.8, 4) is 5.75 Å². The first kappa shape index (κ1) is 14.4. The fourth-order valence-corrected chi connectivity index (χ4v) is 2.07. The Bertz CT molecular complexity index is 580. The van der Waals surface area contributed by atoms with Crippen LogP contribution < -0.4 is 10.1 Å². The van der Waals surface area contributed by atoms with Gasteiger partial charge in [0.2, 0.25) is 0 Å². The number of nitrogens with zero attached hydrogens (tertiary/aromatic N) is 2. The lowest BCUT2D eigenvalue weighted by atomic mass is 10.2. The van der Waals surface area contributed by atoms with Gasteiger partial charge in [0.1, 0.15) is 0 Å². The van der Waals surface area contributed by atoms with E-state index in [1.54, 1.807) is 12.1 Å². The number of methoxy groups -OCH3 is 1. The first-order chi connectivity index (χ1) is 9.67. The van der Waals surface area contributed by atoms with Gasteiger partial charge in [-0.15, -0.1) is 0 Å². The van der Waals surface area contributed by atoms with Crippen molar-refractivity contribution >= 4 is 5.69 Å². The second-order valence-electron chi connectivity index (χ2n) is 4.50. The molecule has 0 bridgehead atoms. The van der Waals surface area contributed by atoms with Gasteiger partial charge in [-0.2, -0.15) is 5.10 Å². The average Bonchev–Trinajstić information content (AvgIpc) is 2.87. The number of ether oxygens (including phenoxy) is 1. The summed E-state index contributed by atoms with van der Waals surface area (Å²) in [7, 11) is 1.46. The van der Waals surface area contributed by atoms with Crippen molar-refractivity contribution < 1.29 is 9.13 Å². The molecule has 0 radical (unpaired) electrons. The fourth-order valence-electron chi connectivity index (χ4n) is 2.07. The molecule has 1 aromatic carbocycles. The Balaban J connectivity index is 2.08. The Morgan fingerprint density at radius 2 is 2.10 bits per heavy atom. The molecular weight excluding hydrogens is 257 g/mol. The number of nitrogens with one attached hydrogen (secondary N) is 1. The summed E-state index contributed by atoms with van der Waals surface area (Å²) in [6.45, 7) is 5.59. The fraction of sp³-hybridized carbons (Fsp3) is 0.400. The highest BCUT2D eigenvalue weighted by atomic mass is 19.1. The van der Waals surface area contributed by atoms with Crippen LogP contribution in [0.2, 0.25) is 0 Å².